The van der Waals surface area contributed by atoms with Crippen molar-refractivity contribution in [2.24, 2.45) is 0 Å². The number of hydrogen-bond donors (Lipinski definition) is 1. The summed E-state index contributed by atoms with van der Waals surface area (Å²) < 4.78 is 1.93. The van der Waals surface area contributed by atoms with Gasteiger partial charge < -0.3 is 9.51 Å². The van der Waals surface area contributed by atoms with Gasteiger partial charge in [0, 0.05) is 17.3 Å². The summed E-state index contributed by atoms with van der Waals surface area (Å²) in [7, 11) is 0. The van der Waals surface area contributed by atoms with Crippen molar-refractivity contribution in [1.29, 1.82) is 0 Å². The third kappa shape index (κ3) is 2.30. The van der Waals surface area contributed by atoms with E-state index in [1.165, 1.54) is 4.88 Å². The van der Waals surface area contributed by atoms with E-state index in [2.05, 4.69) is 16.4 Å². The molecule has 0 saturated carbocycles. The van der Waals surface area contributed by atoms with Gasteiger partial charge in [0.15, 0.2) is 0 Å². The molecule has 0 aliphatic rings. The Labute approximate surface area is 109 Å². The molecule has 4 heteroatoms. The zero-order chi connectivity index (χ0) is 12.4. The number of imidazole rings is 1. The maximum atomic E-state index is 10.1. The van der Waals surface area contributed by atoms with Crippen LogP contribution in [0, 0.1) is 0 Å². The number of aliphatic hydroxyl groups is 1. The molecular weight excluding hydrogens is 244 g/mol. The second kappa shape index (κ2) is 4.92. The van der Waals surface area contributed by atoms with Crippen molar-refractivity contribution >= 4 is 17.0 Å². The van der Waals surface area contributed by atoms with Crippen LogP contribution in [-0.4, -0.2) is 14.5 Å². The second-order valence-electron chi connectivity index (χ2n) is 4.27. The van der Waals surface area contributed by atoms with E-state index in [0.29, 0.717) is 6.42 Å². The van der Waals surface area contributed by atoms with Crippen LogP contribution in [-0.2, 0) is 6.42 Å². The van der Waals surface area contributed by atoms with Crippen LogP contribution in [0.5, 0.6) is 0 Å². The van der Waals surface area contributed by atoms with Crippen LogP contribution in [0.15, 0.2) is 48.1 Å². The molecule has 92 valence electrons. The lowest BCUT2D eigenvalue weighted by Crippen LogP contribution is -1.99. The number of hydrogen-bond acceptors (Lipinski definition) is 3. The smallest absolute Gasteiger partial charge is 0.137 e. The van der Waals surface area contributed by atoms with E-state index in [4.69, 9.17) is 0 Å². The Morgan fingerprint density at radius 1 is 1.28 bits per heavy atom. The summed E-state index contributed by atoms with van der Waals surface area (Å²) in [6, 6.07) is 9.98. The fourth-order valence-electron chi connectivity index (χ4n) is 2.00. The Balaban J connectivity index is 1.73. The Kier molecular flexibility index (Phi) is 3.13. The predicted molar refractivity (Wildman–Crippen MR) is 72.8 cm³/mol. The normalized spacial score (nSPS) is 12.9. The topological polar surface area (TPSA) is 37.5 Å². The van der Waals surface area contributed by atoms with Gasteiger partial charge in [0.1, 0.15) is 5.65 Å². The SMILES string of the molecule is OC(CCc1cccs1)c1cn2ccccc2n1. The second-order valence-corrected chi connectivity index (χ2v) is 5.30. The Morgan fingerprint density at radius 3 is 3.00 bits per heavy atom. The molecule has 0 aliphatic heterocycles. The van der Waals surface area contributed by atoms with E-state index < -0.39 is 6.10 Å². The van der Waals surface area contributed by atoms with Crippen LogP contribution < -0.4 is 0 Å². The van der Waals surface area contributed by atoms with Crippen molar-refractivity contribution in [3.63, 3.8) is 0 Å². The third-order valence-electron chi connectivity index (χ3n) is 2.97. The lowest BCUT2D eigenvalue weighted by atomic mass is 10.1. The zero-order valence-electron chi connectivity index (χ0n) is 9.86. The number of rotatable bonds is 4. The largest absolute Gasteiger partial charge is 0.387 e. The van der Waals surface area contributed by atoms with E-state index in [1.54, 1.807) is 11.3 Å². The van der Waals surface area contributed by atoms with Gasteiger partial charge in [-0.05, 0) is 36.4 Å². The van der Waals surface area contributed by atoms with Gasteiger partial charge in [-0.3, -0.25) is 0 Å². The van der Waals surface area contributed by atoms with Crippen molar-refractivity contribution in [3.8, 4) is 0 Å². The molecule has 3 heterocycles. The molecule has 0 amide bonds. The summed E-state index contributed by atoms with van der Waals surface area (Å²) in [5, 5.41) is 12.2. The van der Waals surface area contributed by atoms with Crippen molar-refractivity contribution < 1.29 is 5.11 Å². The highest BCUT2D eigenvalue weighted by Gasteiger charge is 2.12. The van der Waals surface area contributed by atoms with Crippen molar-refractivity contribution in [1.82, 2.24) is 9.38 Å². The summed E-state index contributed by atoms with van der Waals surface area (Å²) in [6.07, 6.45) is 4.95. The first-order chi connectivity index (χ1) is 8.83. The summed E-state index contributed by atoms with van der Waals surface area (Å²) in [4.78, 5) is 5.73. The van der Waals surface area contributed by atoms with Crippen LogP contribution in [0.1, 0.15) is 23.1 Å². The molecule has 3 nitrogen and oxygen atoms in total. The average Bonchev–Trinajstić information content (AvgIpc) is 3.04. The number of pyridine rings is 1. The first-order valence-corrected chi connectivity index (χ1v) is 6.85. The molecule has 0 spiro atoms. The molecule has 0 aromatic carbocycles. The number of aromatic nitrogens is 2. The van der Waals surface area contributed by atoms with Crippen LogP contribution in [0.4, 0.5) is 0 Å². The molecule has 3 rings (SSSR count). The number of aryl methyl sites for hydroxylation is 1. The molecule has 3 aromatic rings. The quantitative estimate of drug-likeness (QED) is 0.781. The lowest BCUT2D eigenvalue weighted by Gasteiger charge is -2.05. The minimum atomic E-state index is -0.494. The molecule has 1 atom stereocenters. The Bertz CT molecular complexity index is 597. The first kappa shape index (κ1) is 11.4. The first-order valence-electron chi connectivity index (χ1n) is 5.97. The van der Waals surface area contributed by atoms with Crippen LogP contribution in [0.3, 0.4) is 0 Å². The minimum absolute atomic E-state index is 0.494. The Hall–Kier alpha value is -1.65. The van der Waals surface area contributed by atoms with Crippen LogP contribution in [0.2, 0.25) is 0 Å². The van der Waals surface area contributed by atoms with Gasteiger partial charge in [0.05, 0.1) is 11.8 Å². The Morgan fingerprint density at radius 2 is 2.22 bits per heavy atom. The van der Waals surface area contributed by atoms with E-state index in [-0.39, 0.29) is 0 Å². The summed E-state index contributed by atoms with van der Waals surface area (Å²) in [5.74, 6) is 0. The van der Waals surface area contributed by atoms with Gasteiger partial charge in [0.25, 0.3) is 0 Å². The van der Waals surface area contributed by atoms with E-state index in [0.717, 1.165) is 17.8 Å². The maximum Gasteiger partial charge on any atom is 0.137 e. The average molecular weight is 258 g/mol. The fourth-order valence-corrected chi connectivity index (χ4v) is 2.72. The standard InChI is InChI=1S/C14H14N2OS/c17-13(7-6-11-4-3-9-18-11)12-10-16-8-2-1-5-14(16)15-12/h1-5,8-10,13,17H,6-7H2. The highest BCUT2D eigenvalue weighted by molar-refractivity contribution is 7.09. The molecule has 1 unspecified atom stereocenters. The molecule has 3 aromatic heterocycles. The van der Waals surface area contributed by atoms with Gasteiger partial charge in [-0.25, -0.2) is 4.98 Å². The third-order valence-corrected chi connectivity index (χ3v) is 3.90. The molecular formula is C14H14N2OS. The van der Waals surface area contributed by atoms with Gasteiger partial charge in [-0.15, -0.1) is 11.3 Å². The number of nitrogens with zero attached hydrogens (tertiary/aromatic N) is 2. The molecule has 0 radical (unpaired) electrons. The van der Waals surface area contributed by atoms with E-state index >= 15 is 0 Å². The van der Waals surface area contributed by atoms with Gasteiger partial charge in [0.2, 0.25) is 0 Å². The maximum absolute atomic E-state index is 10.1. The fraction of sp³-hybridized carbons (Fsp3) is 0.214. The van der Waals surface area contributed by atoms with E-state index in [9.17, 15) is 5.11 Å². The van der Waals surface area contributed by atoms with Crippen molar-refractivity contribution in [2.45, 2.75) is 18.9 Å². The van der Waals surface area contributed by atoms with Crippen LogP contribution >= 0.6 is 11.3 Å². The van der Waals surface area contributed by atoms with Gasteiger partial charge in [-0.2, -0.15) is 0 Å². The highest BCUT2D eigenvalue weighted by atomic mass is 32.1. The molecule has 0 bridgehead atoms. The molecule has 1 N–H and O–H groups in total. The molecule has 0 fully saturated rings. The zero-order valence-corrected chi connectivity index (χ0v) is 10.7. The predicted octanol–water partition coefficient (Wildman–Crippen LogP) is 3.06. The lowest BCUT2D eigenvalue weighted by molar-refractivity contribution is 0.164. The molecule has 0 saturated heterocycles. The number of aliphatic hydroxyl groups excluding tert-OH is 1. The monoisotopic (exact) mass is 258 g/mol. The summed E-state index contributed by atoms with van der Waals surface area (Å²) in [5.41, 5.74) is 1.63. The highest BCUT2D eigenvalue weighted by Crippen LogP contribution is 2.20. The number of fused-ring (bicyclic) bond motifs is 1. The van der Waals surface area contributed by atoms with E-state index in [1.807, 2.05) is 41.1 Å². The van der Waals surface area contributed by atoms with Crippen molar-refractivity contribution in [2.75, 3.05) is 0 Å². The minimum Gasteiger partial charge on any atom is -0.387 e. The summed E-state index contributed by atoms with van der Waals surface area (Å²) >= 11 is 1.73. The molecule has 0 aliphatic carbocycles. The van der Waals surface area contributed by atoms with Crippen LogP contribution in [0.25, 0.3) is 5.65 Å². The summed E-state index contributed by atoms with van der Waals surface area (Å²) in [6.45, 7) is 0. The van der Waals surface area contributed by atoms with Crippen molar-refractivity contribution in [3.05, 3.63) is 58.7 Å². The number of thiophene rings is 1. The van der Waals surface area contributed by atoms with Gasteiger partial charge >= 0.3 is 0 Å². The van der Waals surface area contributed by atoms with Gasteiger partial charge in [-0.1, -0.05) is 12.1 Å². The molecule has 18 heavy (non-hydrogen) atoms.